The van der Waals surface area contributed by atoms with Crippen LogP contribution in [0.4, 0.5) is 5.69 Å². The van der Waals surface area contributed by atoms with Crippen LogP contribution < -0.4 is 21.9 Å². The summed E-state index contributed by atoms with van der Waals surface area (Å²) in [5.41, 5.74) is -1.66. The number of aliphatic hydroxyl groups excluding tert-OH is 2. The Morgan fingerprint density at radius 2 is 2.15 bits per heavy atom. The molecule has 2 amide bonds. The van der Waals surface area contributed by atoms with Crippen molar-refractivity contribution in [3.05, 3.63) is 27.0 Å². The highest BCUT2D eigenvalue weighted by Gasteiger charge is 2.35. The summed E-state index contributed by atoms with van der Waals surface area (Å²) in [5.74, 6) is -0.652. The molecule has 5 N–H and O–H groups in total. The first kappa shape index (κ1) is 19.8. The Kier molecular flexibility index (Phi) is 6.66. The lowest BCUT2D eigenvalue weighted by Crippen LogP contribution is -2.34. The fourth-order valence-corrected chi connectivity index (χ4v) is 2.56. The van der Waals surface area contributed by atoms with Gasteiger partial charge in [-0.15, -0.1) is 0 Å². The molecule has 1 aliphatic rings. The van der Waals surface area contributed by atoms with Crippen LogP contribution in [-0.4, -0.2) is 56.9 Å². The van der Waals surface area contributed by atoms with E-state index in [1.165, 1.54) is 6.92 Å². The number of nitrogens with zero attached hydrogens (tertiary/aromatic N) is 1. The fourth-order valence-electron chi connectivity index (χ4n) is 2.56. The maximum atomic E-state index is 12.0. The second-order valence-electron chi connectivity index (χ2n) is 5.96. The minimum atomic E-state index is -0.948. The molecule has 1 aromatic heterocycles. The van der Waals surface area contributed by atoms with Gasteiger partial charge in [-0.2, -0.15) is 0 Å². The summed E-state index contributed by atoms with van der Waals surface area (Å²) in [6.07, 6.45) is -0.989. The highest BCUT2D eigenvalue weighted by Crippen LogP contribution is 2.27. The number of nitrogens with one attached hydrogen (secondary N) is 3. The maximum Gasteiger partial charge on any atom is 0.330 e. The second-order valence-corrected chi connectivity index (χ2v) is 5.96. The van der Waals surface area contributed by atoms with E-state index < -0.39 is 42.2 Å². The predicted molar refractivity (Wildman–Crippen MR) is 89.5 cm³/mol. The van der Waals surface area contributed by atoms with Gasteiger partial charge in [0.1, 0.15) is 18.0 Å². The van der Waals surface area contributed by atoms with E-state index in [4.69, 9.17) is 9.84 Å². The third-order valence-corrected chi connectivity index (χ3v) is 3.89. The molecule has 0 saturated carbocycles. The Labute approximate surface area is 148 Å². The number of carbonyl (C=O) groups is 2. The zero-order valence-electron chi connectivity index (χ0n) is 14.2. The van der Waals surface area contributed by atoms with Gasteiger partial charge < -0.3 is 25.6 Å². The normalized spacial score (nSPS) is 22.2. The number of hydrogen-bond donors (Lipinski definition) is 5. The second kappa shape index (κ2) is 8.74. The quantitative estimate of drug-likeness (QED) is 0.348. The first-order chi connectivity index (χ1) is 12.3. The van der Waals surface area contributed by atoms with Gasteiger partial charge in [0.2, 0.25) is 11.8 Å². The van der Waals surface area contributed by atoms with Crippen molar-refractivity contribution in [1.82, 2.24) is 14.9 Å². The summed E-state index contributed by atoms with van der Waals surface area (Å²) >= 11 is 0. The van der Waals surface area contributed by atoms with Crippen molar-refractivity contribution in [2.24, 2.45) is 0 Å². The van der Waals surface area contributed by atoms with Gasteiger partial charge in [0.05, 0.1) is 12.7 Å². The summed E-state index contributed by atoms with van der Waals surface area (Å²) in [4.78, 5) is 48.6. The number of carbonyl (C=O) groups excluding carboxylic acids is 2. The average Bonchev–Trinajstić information content (AvgIpc) is 2.94. The zero-order chi connectivity index (χ0) is 19.3. The molecule has 11 heteroatoms. The molecular formula is C15H22N4O7. The molecular weight excluding hydrogens is 348 g/mol. The zero-order valence-corrected chi connectivity index (χ0v) is 14.2. The van der Waals surface area contributed by atoms with Crippen molar-refractivity contribution in [2.45, 2.75) is 44.6 Å². The SMILES string of the molecule is CC(=O)NCCCC(=O)Nc1cn([C@H]2C[C@H](O)[C@@H](CO)O2)c(=O)[nH]c1=O. The molecule has 1 fully saturated rings. The van der Waals surface area contributed by atoms with Gasteiger partial charge in [0, 0.05) is 32.5 Å². The van der Waals surface area contributed by atoms with Crippen molar-refractivity contribution in [3.8, 4) is 0 Å². The molecule has 1 aliphatic heterocycles. The molecule has 0 unspecified atom stereocenters. The monoisotopic (exact) mass is 370 g/mol. The van der Waals surface area contributed by atoms with Crippen molar-refractivity contribution in [3.63, 3.8) is 0 Å². The number of anilines is 1. The van der Waals surface area contributed by atoms with Crippen LogP contribution in [0.2, 0.25) is 0 Å². The summed E-state index contributed by atoms with van der Waals surface area (Å²) in [7, 11) is 0. The van der Waals surface area contributed by atoms with Gasteiger partial charge in [-0.25, -0.2) is 4.79 Å². The lowest BCUT2D eigenvalue weighted by molar-refractivity contribution is -0.119. The number of ether oxygens (including phenoxy) is 1. The molecule has 1 aromatic rings. The molecule has 0 aromatic carbocycles. The van der Waals surface area contributed by atoms with Crippen LogP contribution in [-0.2, 0) is 14.3 Å². The van der Waals surface area contributed by atoms with E-state index in [-0.39, 0.29) is 24.4 Å². The summed E-state index contributed by atoms with van der Waals surface area (Å²) in [5, 5.41) is 23.8. The van der Waals surface area contributed by atoms with Crippen LogP contribution in [0.1, 0.15) is 32.4 Å². The molecule has 26 heavy (non-hydrogen) atoms. The van der Waals surface area contributed by atoms with E-state index in [0.717, 1.165) is 10.8 Å². The molecule has 0 spiro atoms. The Morgan fingerprint density at radius 1 is 1.42 bits per heavy atom. The lowest BCUT2D eigenvalue weighted by Gasteiger charge is -2.15. The molecule has 0 aliphatic carbocycles. The Bertz CT molecular complexity index is 772. The van der Waals surface area contributed by atoms with Crippen molar-refractivity contribution < 1.29 is 24.5 Å². The Balaban J connectivity index is 2.06. The van der Waals surface area contributed by atoms with E-state index >= 15 is 0 Å². The van der Waals surface area contributed by atoms with Crippen LogP contribution in [0.25, 0.3) is 0 Å². The van der Waals surface area contributed by atoms with E-state index in [2.05, 4.69) is 15.6 Å². The fraction of sp³-hybridized carbons (Fsp3) is 0.600. The number of aliphatic hydroxyl groups is 2. The predicted octanol–water partition coefficient (Wildman–Crippen LogP) is -1.97. The third-order valence-electron chi connectivity index (χ3n) is 3.89. The van der Waals surface area contributed by atoms with E-state index in [1.807, 2.05) is 0 Å². The molecule has 2 heterocycles. The highest BCUT2D eigenvalue weighted by atomic mass is 16.5. The molecule has 144 valence electrons. The molecule has 11 nitrogen and oxygen atoms in total. The number of amides is 2. The highest BCUT2D eigenvalue weighted by molar-refractivity contribution is 5.90. The van der Waals surface area contributed by atoms with Gasteiger partial charge in [0.15, 0.2) is 0 Å². The van der Waals surface area contributed by atoms with Crippen LogP contribution in [0.3, 0.4) is 0 Å². The van der Waals surface area contributed by atoms with Gasteiger partial charge in [-0.3, -0.25) is 23.9 Å². The molecule has 0 radical (unpaired) electrons. The van der Waals surface area contributed by atoms with E-state index in [0.29, 0.717) is 13.0 Å². The molecule has 3 atom stereocenters. The van der Waals surface area contributed by atoms with Crippen LogP contribution in [0.15, 0.2) is 15.8 Å². The van der Waals surface area contributed by atoms with Gasteiger partial charge in [0.25, 0.3) is 5.56 Å². The van der Waals surface area contributed by atoms with Gasteiger partial charge in [-0.1, -0.05) is 0 Å². The van der Waals surface area contributed by atoms with Gasteiger partial charge >= 0.3 is 5.69 Å². The lowest BCUT2D eigenvalue weighted by atomic mass is 10.2. The topological polar surface area (TPSA) is 163 Å². The van der Waals surface area contributed by atoms with E-state index in [9.17, 15) is 24.3 Å². The van der Waals surface area contributed by atoms with E-state index in [1.54, 1.807) is 0 Å². The summed E-state index contributed by atoms with van der Waals surface area (Å²) in [6, 6.07) is 0. The Morgan fingerprint density at radius 3 is 2.77 bits per heavy atom. The first-order valence-electron chi connectivity index (χ1n) is 8.16. The standard InChI is InChI=1S/C15H22N4O7/c1-8(21)16-4-2-3-12(23)17-9-6-19(15(25)18-14(9)24)13-5-10(22)11(7-20)26-13/h6,10-11,13,20,22H,2-5,7H2,1H3,(H,16,21)(H,17,23)(H,18,24,25)/t10-,11+,13+/m0/s1. The van der Waals surface area contributed by atoms with Crippen LogP contribution >= 0.6 is 0 Å². The number of hydrogen-bond acceptors (Lipinski definition) is 7. The van der Waals surface area contributed by atoms with Crippen molar-refractivity contribution in [2.75, 3.05) is 18.5 Å². The molecule has 0 bridgehead atoms. The summed E-state index contributed by atoms with van der Waals surface area (Å²) < 4.78 is 6.43. The minimum Gasteiger partial charge on any atom is -0.394 e. The number of H-pyrrole nitrogens is 1. The van der Waals surface area contributed by atoms with Gasteiger partial charge in [-0.05, 0) is 6.42 Å². The van der Waals surface area contributed by atoms with Crippen LogP contribution in [0.5, 0.6) is 0 Å². The van der Waals surface area contributed by atoms with Crippen LogP contribution in [0, 0.1) is 0 Å². The average molecular weight is 370 g/mol. The van der Waals surface area contributed by atoms with Crippen molar-refractivity contribution in [1.29, 1.82) is 0 Å². The molecule has 2 rings (SSSR count). The first-order valence-corrected chi connectivity index (χ1v) is 8.16. The summed E-state index contributed by atoms with van der Waals surface area (Å²) in [6.45, 7) is 1.29. The molecule has 1 saturated heterocycles. The number of aromatic nitrogens is 2. The number of aromatic amines is 1. The Hall–Kier alpha value is -2.50. The smallest absolute Gasteiger partial charge is 0.330 e. The number of rotatable bonds is 7. The maximum absolute atomic E-state index is 12.0. The van der Waals surface area contributed by atoms with Crippen molar-refractivity contribution >= 4 is 17.5 Å². The third kappa shape index (κ3) is 5.00. The minimum absolute atomic E-state index is 0.0568. The largest absolute Gasteiger partial charge is 0.394 e.